The van der Waals surface area contributed by atoms with Crippen LogP contribution in [0.15, 0.2) is 4.52 Å². The normalized spacial score (nSPS) is 13.5. The van der Waals surface area contributed by atoms with E-state index in [1.165, 1.54) is 0 Å². The van der Waals surface area contributed by atoms with Gasteiger partial charge in [-0.15, -0.1) is 11.6 Å². The van der Waals surface area contributed by atoms with E-state index in [0.29, 0.717) is 11.8 Å². The molecule has 0 aromatic carbocycles. The monoisotopic (exact) mass is 234 g/mol. The van der Waals surface area contributed by atoms with Crippen LogP contribution in [0.3, 0.4) is 0 Å². The fourth-order valence-electron chi connectivity index (χ4n) is 0.874. The second-order valence-electron chi connectivity index (χ2n) is 3.57. The third-order valence-electron chi connectivity index (χ3n) is 1.51. The maximum Gasteiger partial charge on any atom is 0.244 e. The molecule has 1 rings (SSSR count). The summed E-state index contributed by atoms with van der Waals surface area (Å²) < 4.78 is 4.98. The second-order valence-corrected chi connectivity index (χ2v) is 5.26. The summed E-state index contributed by atoms with van der Waals surface area (Å²) >= 11 is 7.61. The van der Waals surface area contributed by atoms with Gasteiger partial charge in [0.2, 0.25) is 5.89 Å². The molecule has 0 bridgehead atoms. The molecule has 1 aromatic heterocycles. The van der Waals surface area contributed by atoms with Gasteiger partial charge in [0, 0.05) is 0 Å². The maximum absolute atomic E-state index is 5.80. The standard InChI is InChI=1S/C9H15ClN2OS/c1-6(2)4-14-5-8-11-9(7(3)10)13-12-8/h6-7H,4-5H2,1-3H3. The minimum absolute atomic E-state index is 0.202. The zero-order chi connectivity index (χ0) is 10.6. The number of halogens is 1. The van der Waals surface area contributed by atoms with E-state index in [-0.39, 0.29) is 5.38 Å². The quantitative estimate of drug-likeness (QED) is 0.734. The predicted octanol–water partition coefficient (Wildman–Crippen LogP) is 3.26. The van der Waals surface area contributed by atoms with Crippen molar-refractivity contribution in [2.24, 2.45) is 5.92 Å². The summed E-state index contributed by atoms with van der Waals surface area (Å²) in [5.74, 6) is 3.84. The van der Waals surface area contributed by atoms with Crippen LogP contribution in [0.1, 0.15) is 37.9 Å². The number of hydrogen-bond donors (Lipinski definition) is 0. The number of alkyl halides is 1. The zero-order valence-corrected chi connectivity index (χ0v) is 10.2. The Morgan fingerprint density at radius 2 is 2.14 bits per heavy atom. The smallest absolute Gasteiger partial charge is 0.244 e. The molecule has 0 N–H and O–H groups in total. The van der Waals surface area contributed by atoms with E-state index in [0.717, 1.165) is 17.3 Å². The summed E-state index contributed by atoms with van der Waals surface area (Å²) in [6, 6.07) is 0. The van der Waals surface area contributed by atoms with Crippen LogP contribution in [0.2, 0.25) is 0 Å². The van der Waals surface area contributed by atoms with E-state index in [1.54, 1.807) is 0 Å². The molecule has 1 unspecified atom stereocenters. The summed E-state index contributed by atoms with van der Waals surface area (Å²) in [7, 11) is 0. The van der Waals surface area contributed by atoms with Gasteiger partial charge in [-0.3, -0.25) is 0 Å². The highest BCUT2D eigenvalue weighted by atomic mass is 35.5. The predicted molar refractivity (Wildman–Crippen MR) is 59.6 cm³/mol. The van der Waals surface area contributed by atoms with Crippen LogP contribution in [0.25, 0.3) is 0 Å². The lowest BCUT2D eigenvalue weighted by atomic mass is 10.3. The van der Waals surface area contributed by atoms with Crippen LogP contribution >= 0.6 is 23.4 Å². The average molecular weight is 235 g/mol. The molecule has 0 amide bonds. The Morgan fingerprint density at radius 1 is 1.43 bits per heavy atom. The van der Waals surface area contributed by atoms with Gasteiger partial charge >= 0.3 is 0 Å². The molecule has 0 saturated carbocycles. The molecule has 14 heavy (non-hydrogen) atoms. The van der Waals surface area contributed by atoms with Crippen LogP contribution in [0.4, 0.5) is 0 Å². The van der Waals surface area contributed by atoms with Crippen LogP contribution in [-0.2, 0) is 5.75 Å². The minimum Gasteiger partial charge on any atom is -0.338 e. The maximum atomic E-state index is 5.80. The average Bonchev–Trinajstić information content (AvgIpc) is 2.52. The van der Waals surface area contributed by atoms with Crippen molar-refractivity contribution in [3.63, 3.8) is 0 Å². The third kappa shape index (κ3) is 3.88. The third-order valence-corrected chi connectivity index (χ3v) is 3.06. The van der Waals surface area contributed by atoms with Gasteiger partial charge in [-0.25, -0.2) is 0 Å². The highest BCUT2D eigenvalue weighted by Crippen LogP contribution is 2.19. The highest BCUT2D eigenvalue weighted by molar-refractivity contribution is 7.98. The van der Waals surface area contributed by atoms with Gasteiger partial charge in [0.25, 0.3) is 0 Å². The van der Waals surface area contributed by atoms with Crippen LogP contribution in [-0.4, -0.2) is 15.9 Å². The Morgan fingerprint density at radius 3 is 2.64 bits per heavy atom. The van der Waals surface area contributed by atoms with Gasteiger partial charge in [-0.1, -0.05) is 19.0 Å². The lowest BCUT2D eigenvalue weighted by Crippen LogP contribution is -1.93. The Balaban J connectivity index is 2.36. The molecule has 1 aromatic rings. The van der Waals surface area contributed by atoms with Crippen molar-refractivity contribution in [2.45, 2.75) is 31.9 Å². The van der Waals surface area contributed by atoms with E-state index >= 15 is 0 Å². The number of hydrogen-bond acceptors (Lipinski definition) is 4. The van der Waals surface area contributed by atoms with Crippen molar-refractivity contribution in [3.8, 4) is 0 Å². The van der Waals surface area contributed by atoms with Gasteiger partial charge < -0.3 is 4.52 Å². The van der Waals surface area contributed by atoms with E-state index < -0.39 is 0 Å². The molecule has 0 fully saturated rings. The molecule has 3 nitrogen and oxygen atoms in total. The van der Waals surface area contributed by atoms with Crippen molar-refractivity contribution in [1.29, 1.82) is 0 Å². The Kier molecular flexibility index (Phi) is 4.75. The Labute approximate surface area is 93.6 Å². The van der Waals surface area contributed by atoms with Crippen molar-refractivity contribution in [1.82, 2.24) is 10.1 Å². The molecule has 5 heteroatoms. The van der Waals surface area contributed by atoms with Gasteiger partial charge in [0.05, 0.1) is 5.75 Å². The van der Waals surface area contributed by atoms with Crippen molar-refractivity contribution in [3.05, 3.63) is 11.7 Å². The summed E-state index contributed by atoms with van der Waals surface area (Å²) in [6.07, 6.45) is 0. The fourth-order valence-corrected chi connectivity index (χ4v) is 1.85. The molecule has 0 saturated heterocycles. The van der Waals surface area contributed by atoms with Gasteiger partial charge in [-0.2, -0.15) is 16.7 Å². The van der Waals surface area contributed by atoms with Crippen molar-refractivity contribution in [2.75, 3.05) is 5.75 Å². The minimum atomic E-state index is -0.202. The topological polar surface area (TPSA) is 38.9 Å². The lowest BCUT2D eigenvalue weighted by molar-refractivity contribution is 0.375. The molecule has 80 valence electrons. The molecule has 0 aliphatic carbocycles. The number of nitrogens with zero attached hydrogens (tertiary/aromatic N) is 2. The van der Waals surface area contributed by atoms with Gasteiger partial charge in [0.15, 0.2) is 5.82 Å². The molecule has 1 heterocycles. The highest BCUT2D eigenvalue weighted by Gasteiger charge is 2.11. The molecular weight excluding hydrogens is 220 g/mol. The van der Waals surface area contributed by atoms with E-state index in [2.05, 4.69) is 24.0 Å². The SMILES string of the molecule is CC(C)CSCc1noc(C(C)Cl)n1. The van der Waals surface area contributed by atoms with E-state index in [4.69, 9.17) is 16.1 Å². The number of rotatable bonds is 5. The fraction of sp³-hybridized carbons (Fsp3) is 0.778. The van der Waals surface area contributed by atoms with Crippen molar-refractivity contribution >= 4 is 23.4 Å². The first-order valence-electron chi connectivity index (χ1n) is 4.64. The Hall–Kier alpha value is -0.220. The van der Waals surface area contributed by atoms with Crippen LogP contribution in [0, 0.1) is 5.92 Å². The Bertz CT molecular complexity index is 276. The molecule has 0 spiro atoms. The lowest BCUT2D eigenvalue weighted by Gasteiger charge is -2.00. The summed E-state index contributed by atoms with van der Waals surface area (Å²) in [4.78, 5) is 4.18. The molecule has 0 aliphatic heterocycles. The first-order valence-corrected chi connectivity index (χ1v) is 6.23. The van der Waals surface area contributed by atoms with E-state index in [9.17, 15) is 0 Å². The summed E-state index contributed by atoms with van der Waals surface area (Å²) in [5, 5.41) is 3.64. The van der Waals surface area contributed by atoms with Crippen molar-refractivity contribution < 1.29 is 4.52 Å². The van der Waals surface area contributed by atoms with Gasteiger partial charge in [0.1, 0.15) is 5.38 Å². The molecule has 0 aliphatic rings. The zero-order valence-electron chi connectivity index (χ0n) is 8.66. The molecular formula is C9H15ClN2OS. The van der Waals surface area contributed by atoms with Crippen LogP contribution in [0.5, 0.6) is 0 Å². The van der Waals surface area contributed by atoms with E-state index in [1.807, 2.05) is 18.7 Å². The largest absolute Gasteiger partial charge is 0.338 e. The molecule has 1 atom stereocenters. The first kappa shape index (κ1) is 11.9. The summed E-state index contributed by atoms with van der Waals surface area (Å²) in [5.41, 5.74) is 0. The van der Waals surface area contributed by atoms with Crippen LogP contribution < -0.4 is 0 Å². The summed E-state index contributed by atoms with van der Waals surface area (Å²) in [6.45, 7) is 6.20. The van der Waals surface area contributed by atoms with Gasteiger partial charge in [-0.05, 0) is 18.6 Å². The number of thioether (sulfide) groups is 1. The molecule has 0 radical (unpaired) electrons. The first-order chi connectivity index (χ1) is 6.59. The second kappa shape index (κ2) is 5.61. The number of aromatic nitrogens is 2.